The summed E-state index contributed by atoms with van der Waals surface area (Å²) in [5.41, 5.74) is 0. The van der Waals surface area contributed by atoms with Gasteiger partial charge >= 0.3 is 29.6 Å². The van der Waals surface area contributed by atoms with Crippen LogP contribution in [0.2, 0.25) is 0 Å². The Kier molecular flexibility index (Phi) is 3.75. The molecule has 0 aromatic heterocycles. The van der Waals surface area contributed by atoms with E-state index < -0.39 is 11.1 Å². The molecular weight excluding hydrogens is 203 g/mol. The van der Waals surface area contributed by atoms with E-state index in [0.29, 0.717) is 11.5 Å². The minimum Gasteiger partial charge on any atom is -0.768 e. The maximum atomic E-state index is 10.5. The van der Waals surface area contributed by atoms with E-state index in [1.165, 1.54) is 12.1 Å². The van der Waals surface area contributed by atoms with Crippen LogP contribution >= 0.6 is 0 Å². The Morgan fingerprint density at radius 3 is 2.69 bits per heavy atom. The van der Waals surface area contributed by atoms with E-state index in [0.717, 1.165) is 0 Å². The summed E-state index contributed by atoms with van der Waals surface area (Å²) in [7, 11) is 0. The van der Waals surface area contributed by atoms with Gasteiger partial charge in [-0.25, -0.2) is 0 Å². The number of benzene rings is 1. The zero-order chi connectivity index (χ0) is 8.55. The van der Waals surface area contributed by atoms with Crippen molar-refractivity contribution < 1.29 is 47.8 Å². The van der Waals surface area contributed by atoms with Crippen LogP contribution in [0.5, 0.6) is 11.5 Å². The minimum absolute atomic E-state index is 0. The van der Waals surface area contributed by atoms with Crippen LogP contribution in [0.4, 0.5) is 0 Å². The van der Waals surface area contributed by atoms with Gasteiger partial charge in [0, 0.05) is 4.90 Å². The third kappa shape index (κ3) is 2.24. The van der Waals surface area contributed by atoms with Gasteiger partial charge in [0.1, 0.15) is 0 Å². The summed E-state index contributed by atoms with van der Waals surface area (Å²) in [6, 6.07) is 4.48. The van der Waals surface area contributed by atoms with Crippen LogP contribution in [0.1, 0.15) is 0 Å². The van der Waals surface area contributed by atoms with Crippen molar-refractivity contribution in [3.05, 3.63) is 18.2 Å². The predicted molar refractivity (Wildman–Crippen MR) is 39.8 cm³/mol. The first kappa shape index (κ1) is 11.0. The summed E-state index contributed by atoms with van der Waals surface area (Å²) in [5.74, 6) is 1.07. The van der Waals surface area contributed by atoms with E-state index in [9.17, 15) is 8.76 Å². The van der Waals surface area contributed by atoms with Crippen molar-refractivity contribution in [3.8, 4) is 11.5 Å². The fourth-order valence-electron chi connectivity index (χ4n) is 0.981. The first-order chi connectivity index (χ1) is 5.77. The van der Waals surface area contributed by atoms with E-state index in [4.69, 9.17) is 9.47 Å². The fourth-order valence-corrected chi connectivity index (χ4v) is 1.36. The van der Waals surface area contributed by atoms with E-state index >= 15 is 0 Å². The third-order valence-electron chi connectivity index (χ3n) is 1.54. The van der Waals surface area contributed by atoms with Gasteiger partial charge in [0.05, 0.1) is 0 Å². The molecule has 1 aromatic rings. The molecule has 64 valence electrons. The molecule has 1 unspecified atom stereocenters. The number of hydrogen-bond donors (Lipinski definition) is 0. The molecule has 6 heteroatoms. The van der Waals surface area contributed by atoms with Gasteiger partial charge in [-0.05, 0) is 29.3 Å². The van der Waals surface area contributed by atoms with Gasteiger partial charge in [0.2, 0.25) is 6.79 Å². The standard InChI is InChI=1S/C7H6O4S.Na/c8-12(9)5-1-2-6-7(3-5)11-4-10-6;/h1-3H,4H2,(H,8,9);/q;+1/p-1. The van der Waals surface area contributed by atoms with Crippen LogP contribution in [0.25, 0.3) is 0 Å². The van der Waals surface area contributed by atoms with Crippen LogP contribution < -0.4 is 39.0 Å². The third-order valence-corrected chi connectivity index (χ3v) is 2.18. The Balaban J connectivity index is 0.000000845. The van der Waals surface area contributed by atoms with Crippen molar-refractivity contribution in [1.82, 2.24) is 0 Å². The topological polar surface area (TPSA) is 58.6 Å². The second kappa shape index (κ2) is 4.43. The summed E-state index contributed by atoms with van der Waals surface area (Å²) in [4.78, 5) is 0.208. The summed E-state index contributed by atoms with van der Waals surface area (Å²) in [6.45, 7) is 0.157. The summed E-state index contributed by atoms with van der Waals surface area (Å²) in [5, 5.41) is 0. The first-order valence-corrected chi connectivity index (χ1v) is 4.34. The molecule has 0 bridgehead atoms. The fraction of sp³-hybridized carbons (Fsp3) is 0.143. The van der Waals surface area contributed by atoms with Crippen LogP contribution in [-0.2, 0) is 11.1 Å². The predicted octanol–water partition coefficient (Wildman–Crippen LogP) is -2.34. The van der Waals surface area contributed by atoms with E-state index in [2.05, 4.69) is 0 Å². The largest absolute Gasteiger partial charge is 1.00 e. The summed E-state index contributed by atoms with van der Waals surface area (Å²) < 4.78 is 31.0. The number of ether oxygens (including phenoxy) is 2. The molecule has 0 saturated heterocycles. The minimum atomic E-state index is -2.21. The van der Waals surface area contributed by atoms with Crippen molar-refractivity contribution in [2.45, 2.75) is 4.90 Å². The summed E-state index contributed by atoms with van der Waals surface area (Å²) >= 11 is -2.21. The molecule has 4 nitrogen and oxygen atoms in total. The average Bonchev–Trinajstić information content (AvgIpc) is 2.49. The Labute approximate surface area is 99.8 Å². The van der Waals surface area contributed by atoms with Gasteiger partial charge in [-0.3, -0.25) is 4.21 Å². The Morgan fingerprint density at radius 2 is 2.00 bits per heavy atom. The van der Waals surface area contributed by atoms with E-state index in [1.807, 2.05) is 0 Å². The second-order valence-corrected chi connectivity index (χ2v) is 3.19. The normalized spacial score (nSPS) is 14.8. The van der Waals surface area contributed by atoms with Gasteiger partial charge in [0.25, 0.3) is 0 Å². The Hall–Kier alpha value is -0.0700. The maximum Gasteiger partial charge on any atom is 1.00 e. The Bertz CT molecular complexity index is 341. The van der Waals surface area contributed by atoms with E-state index in [1.54, 1.807) is 6.07 Å². The molecule has 0 fully saturated rings. The van der Waals surface area contributed by atoms with Gasteiger partial charge in [-0.1, -0.05) is 0 Å². The number of rotatable bonds is 1. The number of fused-ring (bicyclic) bond motifs is 1. The first-order valence-electron chi connectivity index (χ1n) is 3.26. The Morgan fingerprint density at radius 1 is 1.31 bits per heavy atom. The van der Waals surface area contributed by atoms with Crippen molar-refractivity contribution in [1.29, 1.82) is 0 Å². The zero-order valence-corrected chi connectivity index (χ0v) is 9.80. The quantitative estimate of drug-likeness (QED) is 0.383. The average molecular weight is 208 g/mol. The maximum absolute atomic E-state index is 10.5. The molecule has 1 atom stereocenters. The molecule has 0 amide bonds. The zero-order valence-electron chi connectivity index (χ0n) is 6.98. The summed E-state index contributed by atoms with van der Waals surface area (Å²) in [6.07, 6.45) is 0. The molecule has 2 rings (SSSR count). The molecule has 0 saturated carbocycles. The van der Waals surface area contributed by atoms with Crippen LogP contribution in [0, 0.1) is 0 Å². The van der Waals surface area contributed by atoms with Crippen LogP contribution in [0.3, 0.4) is 0 Å². The van der Waals surface area contributed by atoms with Gasteiger partial charge in [-0.15, -0.1) is 0 Å². The van der Waals surface area contributed by atoms with Gasteiger partial charge < -0.3 is 14.0 Å². The van der Waals surface area contributed by atoms with Crippen molar-refractivity contribution in [3.63, 3.8) is 0 Å². The molecule has 0 aliphatic carbocycles. The van der Waals surface area contributed by atoms with Crippen LogP contribution in [-0.4, -0.2) is 15.6 Å². The molecule has 1 aromatic carbocycles. The molecule has 0 spiro atoms. The molecule has 1 aliphatic heterocycles. The number of hydrogen-bond acceptors (Lipinski definition) is 4. The molecule has 0 radical (unpaired) electrons. The molecule has 13 heavy (non-hydrogen) atoms. The van der Waals surface area contributed by atoms with Gasteiger partial charge in [-0.2, -0.15) is 0 Å². The van der Waals surface area contributed by atoms with Gasteiger partial charge in [0.15, 0.2) is 11.5 Å². The second-order valence-electron chi connectivity index (χ2n) is 2.25. The van der Waals surface area contributed by atoms with Crippen molar-refractivity contribution in [2.24, 2.45) is 0 Å². The molecular formula is C7H5NaO4S. The van der Waals surface area contributed by atoms with Crippen molar-refractivity contribution >= 4 is 11.1 Å². The molecule has 0 N–H and O–H groups in total. The molecule has 1 heterocycles. The smallest absolute Gasteiger partial charge is 0.768 e. The van der Waals surface area contributed by atoms with Crippen LogP contribution in [0.15, 0.2) is 23.1 Å². The van der Waals surface area contributed by atoms with Crippen molar-refractivity contribution in [2.75, 3.05) is 6.79 Å². The molecule has 1 aliphatic rings. The monoisotopic (exact) mass is 208 g/mol. The van der Waals surface area contributed by atoms with E-state index in [-0.39, 0.29) is 41.2 Å². The SMILES string of the molecule is O=S([O-])c1ccc2c(c1)OCO2.[Na+].